The van der Waals surface area contributed by atoms with Crippen molar-refractivity contribution < 1.29 is 17.9 Å². The molecule has 0 unspecified atom stereocenters. The predicted octanol–water partition coefficient (Wildman–Crippen LogP) is 4.18. The molecule has 3 aromatic carbocycles. The predicted molar refractivity (Wildman–Crippen MR) is 117 cm³/mol. The first-order valence-electron chi connectivity index (χ1n) is 9.12. The molecule has 0 aliphatic rings. The molecule has 0 fully saturated rings. The Morgan fingerprint density at radius 2 is 1.60 bits per heavy atom. The maximum Gasteiger partial charge on any atom is 0.243 e. The van der Waals surface area contributed by atoms with Crippen LogP contribution in [0.15, 0.2) is 83.8 Å². The summed E-state index contributed by atoms with van der Waals surface area (Å²) >= 11 is 5.89. The molecule has 0 saturated heterocycles. The number of ether oxygens (including phenoxy) is 1. The number of carbonyl (C=O) groups excluding carboxylic acids is 1. The molecule has 1 amide bonds. The SMILES string of the molecule is COc1ccccc1NC(=O)CN(Cc1ccccc1)S(=O)(=O)c1ccc(Cl)cc1. The molecule has 3 aromatic rings. The molecule has 1 N–H and O–H groups in total. The van der Waals surface area contributed by atoms with Gasteiger partial charge in [0.1, 0.15) is 5.75 Å². The number of halogens is 1. The van der Waals surface area contributed by atoms with E-state index in [9.17, 15) is 13.2 Å². The first-order chi connectivity index (χ1) is 14.4. The highest BCUT2D eigenvalue weighted by molar-refractivity contribution is 7.89. The number of methoxy groups -OCH3 is 1. The van der Waals surface area contributed by atoms with Gasteiger partial charge in [-0.1, -0.05) is 54.1 Å². The highest BCUT2D eigenvalue weighted by atomic mass is 35.5. The molecular weight excluding hydrogens is 424 g/mol. The summed E-state index contributed by atoms with van der Waals surface area (Å²) in [6.45, 7) is -0.316. The largest absolute Gasteiger partial charge is 0.495 e. The Bertz CT molecular complexity index is 1100. The van der Waals surface area contributed by atoms with Gasteiger partial charge in [0.15, 0.2) is 0 Å². The summed E-state index contributed by atoms with van der Waals surface area (Å²) in [7, 11) is -2.44. The van der Waals surface area contributed by atoms with Crippen molar-refractivity contribution in [2.45, 2.75) is 11.4 Å². The Hall–Kier alpha value is -2.87. The van der Waals surface area contributed by atoms with Crippen LogP contribution >= 0.6 is 11.6 Å². The van der Waals surface area contributed by atoms with Gasteiger partial charge in [0.25, 0.3) is 0 Å². The van der Waals surface area contributed by atoms with Gasteiger partial charge < -0.3 is 10.1 Å². The molecule has 0 aromatic heterocycles. The van der Waals surface area contributed by atoms with Crippen molar-refractivity contribution in [2.75, 3.05) is 19.0 Å². The number of rotatable bonds is 8. The number of anilines is 1. The molecular formula is C22H21ClN2O4S. The third-order valence-electron chi connectivity index (χ3n) is 4.35. The number of para-hydroxylation sites is 2. The Labute approximate surface area is 181 Å². The normalized spacial score (nSPS) is 11.3. The van der Waals surface area contributed by atoms with Gasteiger partial charge in [0, 0.05) is 11.6 Å². The zero-order chi connectivity index (χ0) is 21.6. The fourth-order valence-electron chi connectivity index (χ4n) is 2.87. The van der Waals surface area contributed by atoms with E-state index in [0.29, 0.717) is 16.5 Å². The van der Waals surface area contributed by atoms with Crippen LogP contribution < -0.4 is 10.1 Å². The van der Waals surface area contributed by atoms with Gasteiger partial charge in [-0.2, -0.15) is 4.31 Å². The number of hydrogen-bond acceptors (Lipinski definition) is 4. The van der Waals surface area contributed by atoms with Crippen LogP contribution in [0.2, 0.25) is 5.02 Å². The van der Waals surface area contributed by atoms with Crippen molar-refractivity contribution in [3.8, 4) is 5.75 Å². The van der Waals surface area contributed by atoms with Crippen molar-refractivity contribution in [3.05, 3.63) is 89.4 Å². The highest BCUT2D eigenvalue weighted by Gasteiger charge is 2.27. The lowest BCUT2D eigenvalue weighted by Gasteiger charge is -2.22. The molecule has 30 heavy (non-hydrogen) atoms. The standard InChI is InChI=1S/C22H21ClN2O4S/c1-29-21-10-6-5-9-20(21)24-22(26)16-25(15-17-7-3-2-4-8-17)30(27,28)19-13-11-18(23)12-14-19/h2-14H,15-16H2,1H3,(H,24,26). The van der Waals surface area contributed by atoms with Crippen molar-refractivity contribution in [2.24, 2.45) is 0 Å². The summed E-state index contributed by atoms with van der Waals surface area (Å²) in [5.74, 6) is 0.00832. The van der Waals surface area contributed by atoms with Crippen LogP contribution in [-0.4, -0.2) is 32.3 Å². The van der Waals surface area contributed by atoms with Gasteiger partial charge in [-0.15, -0.1) is 0 Å². The van der Waals surface area contributed by atoms with Crippen LogP contribution in [0, 0.1) is 0 Å². The summed E-state index contributed by atoms with van der Waals surface area (Å²) in [5, 5.41) is 3.15. The Morgan fingerprint density at radius 1 is 0.967 bits per heavy atom. The van der Waals surface area contributed by atoms with Crippen LogP contribution in [0.4, 0.5) is 5.69 Å². The van der Waals surface area contributed by atoms with E-state index in [1.807, 2.05) is 30.3 Å². The topological polar surface area (TPSA) is 75.7 Å². The van der Waals surface area contributed by atoms with E-state index in [4.69, 9.17) is 16.3 Å². The second-order valence-electron chi connectivity index (χ2n) is 6.46. The highest BCUT2D eigenvalue weighted by Crippen LogP contribution is 2.24. The Morgan fingerprint density at radius 3 is 2.27 bits per heavy atom. The zero-order valence-corrected chi connectivity index (χ0v) is 17.9. The van der Waals surface area contributed by atoms with Crippen molar-refractivity contribution in [3.63, 3.8) is 0 Å². The van der Waals surface area contributed by atoms with Crippen LogP contribution in [0.1, 0.15) is 5.56 Å². The number of nitrogens with zero attached hydrogens (tertiary/aromatic N) is 1. The summed E-state index contributed by atoms with van der Waals surface area (Å²) in [4.78, 5) is 12.8. The lowest BCUT2D eigenvalue weighted by molar-refractivity contribution is -0.116. The van der Waals surface area contributed by atoms with Gasteiger partial charge in [-0.05, 0) is 42.0 Å². The van der Waals surface area contributed by atoms with E-state index >= 15 is 0 Å². The van der Waals surface area contributed by atoms with Gasteiger partial charge in [0.05, 0.1) is 24.2 Å². The van der Waals surface area contributed by atoms with Gasteiger partial charge in [0.2, 0.25) is 15.9 Å². The number of nitrogens with one attached hydrogen (secondary N) is 1. The second kappa shape index (κ2) is 9.75. The average molecular weight is 445 g/mol. The van der Waals surface area contributed by atoms with E-state index in [2.05, 4.69) is 5.32 Å². The molecule has 0 radical (unpaired) electrons. The van der Waals surface area contributed by atoms with Gasteiger partial charge >= 0.3 is 0 Å². The fraction of sp³-hybridized carbons (Fsp3) is 0.136. The lowest BCUT2D eigenvalue weighted by atomic mass is 10.2. The summed E-state index contributed by atoms with van der Waals surface area (Å²) in [6.07, 6.45) is 0. The molecule has 3 rings (SSSR count). The number of hydrogen-bond donors (Lipinski definition) is 1. The molecule has 0 saturated carbocycles. The fourth-order valence-corrected chi connectivity index (χ4v) is 4.38. The molecule has 6 nitrogen and oxygen atoms in total. The Kier molecular flexibility index (Phi) is 7.10. The molecule has 8 heteroatoms. The van der Waals surface area contributed by atoms with E-state index < -0.39 is 15.9 Å². The van der Waals surface area contributed by atoms with Crippen LogP contribution in [0.3, 0.4) is 0 Å². The summed E-state index contributed by atoms with van der Waals surface area (Å²) in [5.41, 5.74) is 1.23. The average Bonchev–Trinajstić information content (AvgIpc) is 2.74. The minimum Gasteiger partial charge on any atom is -0.495 e. The van der Waals surface area contributed by atoms with E-state index in [1.54, 1.807) is 24.3 Å². The first kappa shape index (κ1) is 21.8. The van der Waals surface area contributed by atoms with Gasteiger partial charge in [-0.25, -0.2) is 8.42 Å². The van der Waals surface area contributed by atoms with Crippen molar-refractivity contribution in [1.29, 1.82) is 0 Å². The van der Waals surface area contributed by atoms with Gasteiger partial charge in [-0.3, -0.25) is 4.79 Å². The molecule has 0 spiro atoms. The molecule has 0 aliphatic carbocycles. The molecule has 156 valence electrons. The van der Waals surface area contributed by atoms with Crippen LogP contribution in [-0.2, 0) is 21.4 Å². The quantitative estimate of drug-likeness (QED) is 0.565. The first-order valence-corrected chi connectivity index (χ1v) is 10.9. The summed E-state index contributed by atoms with van der Waals surface area (Å²) < 4.78 is 32.8. The van der Waals surface area contributed by atoms with E-state index in [0.717, 1.165) is 9.87 Å². The number of amides is 1. The van der Waals surface area contributed by atoms with Crippen LogP contribution in [0.25, 0.3) is 0 Å². The lowest BCUT2D eigenvalue weighted by Crippen LogP contribution is -2.37. The summed E-state index contributed by atoms with van der Waals surface area (Å²) in [6, 6.07) is 21.9. The second-order valence-corrected chi connectivity index (χ2v) is 8.84. The molecule has 0 aliphatic heterocycles. The monoisotopic (exact) mass is 444 g/mol. The Balaban J connectivity index is 1.87. The third-order valence-corrected chi connectivity index (χ3v) is 6.41. The van der Waals surface area contributed by atoms with Crippen molar-refractivity contribution >= 4 is 33.2 Å². The number of sulfonamides is 1. The van der Waals surface area contributed by atoms with E-state index in [1.165, 1.54) is 31.4 Å². The number of benzene rings is 3. The minimum atomic E-state index is -3.94. The number of carbonyl (C=O) groups is 1. The molecule has 0 heterocycles. The maximum atomic E-state index is 13.2. The zero-order valence-electron chi connectivity index (χ0n) is 16.3. The molecule has 0 bridgehead atoms. The van der Waals surface area contributed by atoms with E-state index in [-0.39, 0.29) is 18.0 Å². The van der Waals surface area contributed by atoms with Crippen LogP contribution in [0.5, 0.6) is 5.75 Å². The smallest absolute Gasteiger partial charge is 0.243 e. The maximum absolute atomic E-state index is 13.2. The molecule has 0 atom stereocenters. The third kappa shape index (κ3) is 5.38. The van der Waals surface area contributed by atoms with Crippen molar-refractivity contribution in [1.82, 2.24) is 4.31 Å². The minimum absolute atomic E-state index is 0.0468.